The first-order valence-electron chi connectivity index (χ1n) is 4.93. The van der Waals surface area contributed by atoms with E-state index >= 15 is 0 Å². The lowest BCUT2D eigenvalue weighted by atomic mass is 10.1. The van der Waals surface area contributed by atoms with Gasteiger partial charge in [-0.05, 0) is 30.2 Å². The molecule has 15 heavy (non-hydrogen) atoms. The molecule has 0 spiro atoms. The fourth-order valence-corrected chi connectivity index (χ4v) is 1.37. The highest BCUT2D eigenvalue weighted by atomic mass is 16.5. The molecule has 2 aromatic rings. The van der Waals surface area contributed by atoms with Gasteiger partial charge in [0.15, 0.2) is 0 Å². The third-order valence-electron chi connectivity index (χ3n) is 2.31. The zero-order chi connectivity index (χ0) is 10.5. The maximum absolute atomic E-state index is 5.63. The zero-order valence-electron chi connectivity index (χ0n) is 8.68. The monoisotopic (exact) mass is 199 g/mol. The number of rotatable bonds is 3. The van der Waals surface area contributed by atoms with Crippen molar-refractivity contribution in [2.24, 2.45) is 0 Å². The van der Waals surface area contributed by atoms with Gasteiger partial charge in [0.1, 0.15) is 12.4 Å². The lowest BCUT2D eigenvalue weighted by Crippen LogP contribution is -1.97. The average molecular weight is 199 g/mol. The van der Waals surface area contributed by atoms with Gasteiger partial charge in [0.05, 0.1) is 0 Å². The lowest BCUT2D eigenvalue weighted by Gasteiger charge is -2.07. The molecule has 0 bridgehead atoms. The Morgan fingerprint density at radius 3 is 2.53 bits per heavy atom. The standard InChI is InChI=1S/C13H13NO/c1-11-4-2-3-5-12(11)10-15-13-6-8-14-9-7-13/h2-9H,10H2,1H3. The summed E-state index contributed by atoms with van der Waals surface area (Å²) in [5, 5.41) is 0. The fraction of sp³-hybridized carbons (Fsp3) is 0.154. The Hall–Kier alpha value is -1.83. The molecule has 0 radical (unpaired) electrons. The van der Waals surface area contributed by atoms with Crippen LogP contribution in [0.3, 0.4) is 0 Å². The second-order valence-corrected chi connectivity index (χ2v) is 3.40. The van der Waals surface area contributed by atoms with E-state index in [-0.39, 0.29) is 0 Å². The van der Waals surface area contributed by atoms with Crippen LogP contribution >= 0.6 is 0 Å². The van der Waals surface area contributed by atoms with Gasteiger partial charge >= 0.3 is 0 Å². The molecule has 0 fully saturated rings. The van der Waals surface area contributed by atoms with Crippen LogP contribution in [0, 0.1) is 6.92 Å². The average Bonchev–Trinajstić information content (AvgIpc) is 2.29. The largest absolute Gasteiger partial charge is 0.489 e. The van der Waals surface area contributed by atoms with Gasteiger partial charge in [-0.3, -0.25) is 4.98 Å². The summed E-state index contributed by atoms with van der Waals surface area (Å²) in [4.78, 5) is 3.94. The van der Waals surface area contributed by atoms with Crippen molar-refractivity contribution in [1.29, 1.82) is 0 Å². The highest BCUT2D eigenvalue weighted by molar-refractivity contribution is 5.26. The van der Waals surface area contributed by atoms with E-state index in [1.165, 1.54) is 11.1 Å². The molecule has 2 rings (SSSR count). The molecule has 1 aromatic heterocycles. The summed E-state index contributed by atoms with van der Waals surface area (Å²) < 4.78 is 5.63. The molecule has 1 aromatic carbocycles. The third-order valence-corrected chi connectivity index (χ3v) is 2.31. The summed E-state index contributed by atoms with van der Waals surface area (Å²) in [6, 6.07) is 11.9. The smallest absolute Gasteiger partial charge is 0.122 e. The molecule has 0 amide bonds. The van der Waals surface area contributed by atoms with Gasteiger partial charge in [0.25, 0.3) is 0 Å². The van der Waals surface area contributed by atoms with Crippen LogP contribution in [0.15, 0.2) is 48.8 Å². The van der Waals surface area contributed by atoms with Crippen LogP contribution in [-0.4, -0.2) is 4.98 Å². The van der Waals surface area contributed by atoms with Crippen molar-refractivity contribution in [3.8, 4) is 5.75 Å². The second kappa shape index (κ2) is 4.60. The molecule has 1 heterocycles. The molecular weight excluding hydrogens is 186 g/mol. The summed E-state index contributed by atoms with van der Waals surface area (Å²) in [6.45, 7) is 2.70. The van der Waals surface area contributed by atoms with Gasteiger partial charge in [0, 0.05) is 12.4 Å². The highest BCUT2D eigenvalue weighted by Crippen LogP contribution is 2.12. The quantitative estimate of drug-likeness (QED) is 0.758. The van der Waals surface area contributed by atoms with Crippen LogP contribution in [-0.2, 0) is 6.61 Å². The molecule has 0 saturated carbocycles. The van der Waals surface area contributed by atoms with E-state index in [0.717, 1.165) is 5.75 Å². The predicted molar refractivity (Wildman–Crippen MR) is 59.7 cm³/mol. The maximum Gasteiger partial charge on any atom is 0.122 e. The van der Waals surface area contributed by atoms with Gasteiger partial charge < -0.3 is 4.74 Å². The Morgan fingerprint density at radius 1 is 1.07 bits per heavy atom. The predicted octanol–water partition coefficient (Wildman–Crippen LogP) is 2.97. The molecule has 0 aliphatic carbocycles. The number of nitrogens with zero attached hydrogens (tertiary/aromatic N) is 1. The first-order chi connectivity index (χ1) is 7.36. The van der Waals surface area contributed by atoms with Crippen LogP contribution in [0.1, 0.15) is 11.1 Å². The van der Waals surface area contributed by atoms with Crippen molar-refractivity contribution < 1.29 is 4.74 Å². The minimum atomic E-state index is 0.608. The van der Waals surface area contributed by atoms with Crippen LogP contribution in [0.5, 0.6) is 5.75 Å². The third kappa shape index (κ3) is 2.56. The normalized spacial score (nSPS) is 9.93. The van der Waals surface area contributed by atoms with E-state index in [1.807, 2.05) is 24.3 Å². The van der Waals surface area contributed by atoms with E-state index in [9.17, 15) is 0 Å². The van der Waals surface area contributed by atoms with E-state index in [0.29, 0.717) is 6.61 Å². The molecule has 76 valence electrons. The van der Waals surface area contributed by atoms with E-state index in [4.69, 9.17) is 4.74 Å². The first kappa shape index (κ1) is 9.71. The van der Waals surface area contributed by atoms with Crippen molar-refractivity contribution in [2.45, 2.75) is 13.5 Å². The number of aryl methyl sites for hydroxylation is 1. The minimum Gasteiger partial charge on any atom is -0.489 e. The summed E-state index contributed by atoms with van der Waals surface area (Å²) in [6.07, 6.45) is 3.46. The maximum atomic E-state index is 5.63. The van der Waals surface area contributed by atoms with Crippen LogP contribution in [0.2, 0.25) is 0 Å². The van der Waals surface area contributed by atoms with E-state index < -0.39 is 0 Å². The lowest BCUT2D eigenvalue weighted by molar-refractivity contribution is 0.305. The van der Waals surface area contributed by atoms with Gasteiger partial charge in [-0.1, -0.05) is 24.3 Å². The first-order valence-corrected chi connectivity index (χ1v) is 4.93. The number of ether oxygens (including phenoxy) is 1. The summed E-state index contributed by atoms with van der Waals surface area (Å²) >= 11 is 0. The van der Waals surface area contributed by atoms with Gasteiger partial charge in [-0.25, -0.2) is 0 Å². The molecule has 0 aliphatic heterocycles. The molecule has 0 atom stereocenters. The number of benzene rings is 1. The molecule has 0 saturated heterocycles. The second-order valence-electron chi connectivity index (χ2n) is 3.40. The molecule has 0 N–H and O–H groups in total. The van der Waals surface area contributed by atoms with Gasteiger partial charge in [-0.15, -0.1) is 0 Å². The van der Waals surface area contributed by atoms with Crippen LogP contribution in [0.25, 0.3) is 0 Å². The summed E-state index contributed by atoms with van der Waals surface area (Å²) in [5.74, 6) is 0.855. The number of aromatic nitrogens is 1. The molecule has 0 aliphatic rings. The Balaban J connectivity index is 2.03. The number of hydrogen-bond donors (Lipinski definition) is 0. The highest BCUT2D eigenvalue weighted by Gasteiger charge is 1.97. The van der Waals surface area contributed by atoms with E-state index in [2.05, 4.69) is 24.0 Å². The van der Waals surface area contributed by atoms with Gasteiger partial charge in [0.2, 0.25) is 0 Å². The van der Waals surface area contributed by atoms with Crippen LogP contribution in [0.4, 0.5) is 0 Å². The van der Waals surface area contributed by atoms with Crippen molar-refractivity contribution >= 4 is 0 Å². The topological polar surface area (TPSA) is 22.1 Å². The van der Waals surface area contributed by atoms with Crippen molar-refractivity contribution in [3.05, 3.63) is 59.9 Å². The zero-order valence-corrected chi connectivity index (χ0v) is 8.68. The Kier molecular flexibility index (Phi) is 2.98. The molecule has 2 heteroatoms. The van der Waals surface area contributed by atoms with Crippen LogP contribution < -0.4 is 4.74 Å². The Labute approximate surface area is 89.6 Å². The number of hydrogen-bond acceptors (Lipinski definition) is 2. The number of pyridine rings is 1. The van der Waals surface area contributed by atoms with E-state index in [1.54, 1.807) is 12.4 Å². The van der Waals surface area contributed by atoms with Gasteiger partial charge in [-0.2, -0.15) is 0 Å². The molecular formula is C13H13NO. The van der Waals surface area contributed by atoms with Crippen molar-refractivity contribution in [2.75, 3.05) is 0 Å². The van der Waals surface area contributed by atoms with Crippen molar-refractivity contribution in [1.82, 2.24) is 4.98 Å². The fourth-order valence-electron chi connectivity index (χ4n) is 1.37. The Morgan fingerprint density at radius 2 is 1.80 bits per heavy atom. The minimum absolute atomic E-state index is 0.608. The van der Waals surface area contributed by atoms with Crippen molar-refractivity contribution in [3.63, 3.8) is 0 Å². The molecule has 2 nitrogen and oxygen atoms in total. The summed E-state index contributed by atoms with van der Waals surface area (Å²) in [5.41, 5.74) is 2.47. The Bertz CT molecular complexity index is 426. The molecule has 0 unspecified atom stereocenters. The summed E-state index contributed by atoms with van der Waals surface area (Å²) in [7, 11) is 0. The SMILES string of the molecule is Cc1ccccc1COc1ccncc1.